The molecule has 5 heteroatoms. The van der Waals surface area contributed by atoms with Crippen LogP contribution in [-0.4, -0.2) is 55.9 Å². The summed E-state index contributed by atoms with van der Waals surface area (Å²) in [6.07, 6.45) is 3.71. The van der Waals surface area contributed by atoms with Crippen molar-refractivity contribution in [2.24, 2.45) is 16.1 Å². The maximum absolute atomic E-state index is 6.22. The summed E-state index contributed by atoms with van der Waals surface area (Å²) in [5, 5.41) is 0. The molecule has 1 heterocycles. The van der Waals surface area contributed by atoms with Gasteiger partial charge in [0.15, 0.2) is 5.96 Å². The molecule has 3 atom stereocenters. The Kier molecular flexibility index (Phi) is 4.91. The summed E-state index contributed by atoms with van der Waals surface area (Å²) in [7, 11) is 1.80. The number of nitrogens with zero attached hydrogens (tertiary/aromatic N) is 2. The maximum Gasteiger partial charge on any atom is 0.191 e. The first-order valence-electron chi connectivity index (χ1n) is 7.80. The predicted molar refractivity (Wildman–Crippen MR) is 80.8 cm³/mol. The molecule has 0 radical (unpaired) electrons. The van der Waals surface area contributed by atoms with Gasteiger partial charge in [-0.15, -0.1) is 0 Å². The average Bonchev–Trinajstić information content (AvgIpc) is 2.44. The van der Waals surface area contributed by atoms with Gasteiger partial charge >= 0.3 is 0 Å². The van der Waals surface area contributed by atoms with E-state index in [4.69, 9.17) is 20.2 Å². The summed E-state index contributed by atoms with van der Waals surface area (Å²) in [6, 6.07) is 0.292. The summed E-state index contributed by atoms with van der Waals surface area (Å²) in [6.45, 7) is 8.93. The third kappa shape index (κ3) is 2.66. The first-order valence-corrected chi connectivity index (χ1v) is 7.80. The Balaban J connectivity index is 2.06. The van der Waals surface area contributed by atoms with E-state index in [0.717, 1.165) is 39.0 Å². The third-order valence-corrected chi connectivity index (χ3v) is 5.20. The van der Waals surface area contributed by atoms with Crippen molar-refractivity contribution in [1.29, 1.82) is 0 Å². The SMILES string of the molecule is CCC1(CC)C(N=C(N)N2CCOC(C)C2)CC1OC. The van der Waals surface area contributed by atoms with E-state index >= 15 is 0 Å². The lowest BCUT2D eigenvalue weighted by atomic mass is 9.59. The van der Waals surface area contributed by atoms with Crippen LogP contribution in [0.25, 0.3) is 0 Å². The molecule has 2 aliphatic rings. The molecule has 20 heavy (non-hydrogen) atoms. The van der Waals surface area contributed by atoms with Crippen molar-refractivity contribution in [3.05, 3.63) is 0 Å². The van der Waals surface area contributed by atoms with Crippen molar-refractivity contribution in [1.82, 2.24) is 4.90 Å². The Hall–Kier alpha value is -0.810. The van der Waals surface area contributed by atoms with Crippen molar-refractivity contribution >= 4 is 5.96 Å². The summed E-state index contributed by atoms with van der Waals surface area (Å²) < 4.78 is 11.2. The largest absolute Gasteiger partial charge is 0.381 e. The molecule has 2 N–H and O–H groups in total. The quantitative estimate of drug-likeness (QED) is 0.629. The van der Waals surface area contributed by atoms with Gasteiger partial charge in [0.1, 0.15) is 0 Å². The average molecular weight is 283 g/mol. The van der Waals surface area contributed by atoms with E-state index in [0.29, 0.717) is 18.1 Å². The molecule has 5 nitrogen and oxygen atoms in total. The van der Waals surface area contributed by atoms with E-state index < -0.39 is 0 Å². The fourth-order valence-corrected chi connectivity index (χ4v) is 3.68. The highest BCUT2D eigenvalue weighted by Gasteiger charge is 2.53. The van der Waals surface area contributed by atoms with Crippen LogP contribution in [0.1, 0.15) is 40.0 Å². The van der Waals surface area contributed by atoms with Crippen LogP contribution < -0.4 is 5.73 Å². The molecule has 1 saturated carbocycles. The van der Waals surface area contributed by atoms with E-state index in [1.54, 1.807) is 7.11 Å². The van der Waals surface area contributed by atoms with Gasteiger partial charge in [-0.1, -0.05) is 13.8 Å². The predicted octanol–water partition coefficient (Wildman–Crippen LogP) is 1.62. The molecule has 1 saturated heterocycles. The number of nitrogens with two attached hydrogens (primary N) is 1. The van der Waals surface area contributed by atoms with Gasteiger partial charge in [-0.25, -0.2) is 4.99 Å². The molecule has 0 aromatic carbocycles. The second-order valence-corrected chi connectivity index (χ2v) is 6.03. The van der Waals surface area contributed by atoms with Crippen molar-refractivity contribution in [3.8, 4) is 0 Å². The number of hydrogen-bond acceptors (Lipinski definition) is 3. The molecule has 1 aliphatic heterocycles. The number of methoxy groups -OCH3 is 1. The molecule has 1 aliphatic carbocycles. The van der Waals surface area contributed by atoms with E-state index in [2.05, 4.69) is 25.7 Å². The highest BCUT2D eigenvalue weighted by Crippen LogP contribution is 2.50. The standard InChI is InChI=1S/C15H29N3O2/c1-5-15(6-2)12(9-13(15)19-4)17-14(16)18-7-8-20-11(3)10-18/h11-13H,5-10H2,1-4H3,(H2,16,17). The zero-order valence-corrected chi connectivity index (χ0v) is 13.3. The second kappa shape index (κ2) is 6.31. The van der Waals surface area contributed by atoms with E-state index in [9.17, 15) is 0 Å². The Labute approximate surface area is 122 Å². The van der Waals surface area contributed by atoms with E-state index in [-0.39, 0.29) is 11.5 Å². The van der Waals surface area contributed by atoms with Crippen molar-refractivity contribution in [2.75, 3.05) is 26.8 Å². The van der Waals surface area contributed by atoms with Crippen LogP contribution in [0, 0.1) is 5.41 Å². The van der Waals surface area contributed by atoms with Gasteiger partial charge < -0.3 is 20.1 Å². The Bertz CT molecular complexity index is 355. The molecule has 0 amide bonds. The lowest BCUT2D eigenvalue weighted by molar-refractivity contribution is -0.112. The molecular weight excluding hydrogens is 254 g/mol. The molecule has 0 spiro atoms. The lowest BCUT2D eigenvalue weighted by Gasteiger charge is -2.53. The second-order valence-electron chi connectivity index (χ2n) is 6.03. The zero-order valence-electron chi connectivity index (χ0n) is 13.3. The van der Waals surface area contributed by atoms with Gasteiger partial charge in [0.25, 0.3) is 0 Å². The van der Waals surface area contributed by atoms with Crippen LogP contribution in [0.4, 0.5) is 0 Å². The number of aliphatic imine (C=N–C) groups is 1. The maximum atomic E-state index is 6.22. The highest BCUT2D eigenvalue weighted by molar-refractivity contribution is 5.78. The summed E-state index contributed by atoms with van der Waals surface area (Å²) in [5.41, 5.74) is 6.38. The Morgan fingerprint density at radius 2 is 2.15 bits per heavy atom. The molecule has 2 fully saturated rings. The monoisotopic (exact) mass is 283 g/mol. The molecule has 3 unspecified atom stereocenters. The van der Waals surface area contributed by atoms with E-state index in [1.807, 2.05) is 0 Å². The fraction of sp³-hybridized carbons (Fsp3) is 0.933. The number of hydrogen-bond donors (Lipinski definition) is 1. The molecular formula is C15H29N3O2. The summed E-state index contributed by atoms with van der Waals surface area (Å²) in [4.78, 5) is 6.96. The van der Waals surface area contributed by atoms with Gasteiger partial charge in [-0.3, -0.25) is 0 Å². The number of rotatable bonds is 4. The fourth-order valence-electron chi connectivity index (χ4n) is 3.68. The minimum atomic E-state index is 0.164. The number of morpholine rings is 1. The highest BCUT2D eigenvalue weighted by atomic mass is 16.5. The van der Waals surface area contributed by atoms with Gasteiger partial charge in [0.2, 0.25) is 0 Å². The molecule has 116 valence electrons. The van der Waals surface area contributed by atoms with Gasteiger partial charge in [0.05, 0.1) is 24.9 Å². The third-order valence-electron chi connectivity index (χ3n) is 5.20. The van der Waals surface area contributed by atoms with E-state index in [1.165, 1.54) is 0 Å². The normalized spacial score (nSPS) is 33.9. The Morgan fingerprint density at radius 3 is 2.70 bits per heavy atom. The van der Waals surface area contributed by atoms with Crippen molar-refractivity contribution in [2.45, 2.75) is 58.3 Å². The molecule has 0 aromatic heterocycles. The van der Waals surface area contributed by atoms with Crippen LogP contribution in [0.5, 0.6) is 0 Å². The van der Waals surface area contributed by atoms with Crippen molar-refractivity contribution in [3.63, 3.8) is 0 Å². The number of guanidine groups is 1. The van der Waals surface area contributed by atoms with Crippen molar-refractivity contribution < 1.29 is 9.47 Å². The zero-order chi connectivity index (χ0) is 14.8. The van der Waals surface area contributed by atoms with Crippen LogP contribution >= 0.6 is 0 Å². The minimum absolute atomic E-state index is 0.164. The first-order chi connectivity index (χ1) is 9.57. The van der Waals surface area contributed by atoms with Crippen LogP contribution in [0.2, 0.25) is 0 Å². The summed E-state index contributed by atoms with van der Waals surface area (Å²) in [5.74, 6) is 0.672. The lowest BCUT2D eigenvalue weighted by Crippen LogP contribution is -2.58. The first kappa shape index (κ1) is 15.6. The van der Waals surface area contributed by atoms with Gasteiger partial charge in [-0.2, -0.15) is 0 Å². The molecule has 0 aromatic rings. The molecule has 0 bridgehead atoms. The smallest absolute Gasteiger partial charge is 0.191 e. The van der Waals surface area contributed by atoms with Crippen LogP contribution in [0.15, 0.2) is 4.99 Å². The van der Waals surface area contributed by atoms with Crippen LogP contribution in [-0.2, 0) is 9.47 Å². The minimum Gasteiger partial charge on any atom is -0.381 e. The molecule has 2 rings (SSSR count). The van der Waals surface area contributed by atoms with Gasteiger partial charge in [0, 0.05) is 25.6 Å². The summed E-state index contributed by atoms with van der Waals surface area (Å²) >= 11 is 0. The topological polar surface area (TPSA) is 60.1 Å². The van der Waals surface area contributed by atoms with Gasteiger partial charge in [-0.05, 0) is 26.2 Å². The van der Waals surface area contributed by atoms with Crippen LogP contribution in [0.3, 0.4) is 0 Å². The Morgan fingerprint density at radius 1 is 1.45 bits per heavy atom. The number of ether oxygens (including phenoxy) is 2.